The minimum absolute atomic E-state index is 0.0529. The number of carbonyl (C=O) groups is 2. The van der Waals surface area contributed by atoms with Crippen LogP contribution in [0.2, 0.25) is 10.0 Å². The fourth-order valence-corrected chi connectivity index (χ4v) is 6.42. The van der Waals surface area contributed by atoms with Crippen molar-refractivity contribution in [2.45, 2.75) is 26.7 Å². The zero-order valence-electron chi connectivity index (χ0n) is 21.1. The van der Waals surface area contributed by atoms with Gasteiger partial charge in [-0.3, -0.25) is 4.79 Å². The number of aromatic carboxylic acids is 1. The van der Waals surface area contributed by atoms with Gasteiger partial charge in [-0.1, -0.05) is 41.5 Å². The molecule has 5 rings (SSSR count). The summed E-state index contributed by atoms with van der Waals surface area (Å²) in [7, 11) is 0. The molecule has 0 bridgehead atoms. The third-order valence-corrected chi connectivity index (χ3v) is 9.32. The van der Waals surface area contributed by atoms with Gasteiger partial charge in [-0.15, -0.1) is 0 Å². The number of thiazole rings is 1. The molecule has 38 heavy (non-hydrogen) atoms. The first-order chi connectivity index (χ1) is 18.2. The second-order valence-corrected chi connectivity index (χ2v) is 11.6. The Kier molecular flexibility index (Phi) is 7.90. The van der Waals surface area contributed by atoms with Gasteiger partial charge in [0.05, 0.1) is 22.4 Å². The van der Waals surface area contributed by atoms with Crippen LogP contribution >= 0.6 is 34.5 Å². The number of carboxylic acid groups (broad SMARTS) is 1. The maximum atomic E-state index is 12.9. The van der Waals surface area contributed by atoms with E-state index in [2.05, 4.69) is 37.0 Å². The van der Waals surface area contributed by atoms with Gasteiger partial charge < -0.3 is 25.2 Å². The monoisotopic (exact) mass is 577 g/mol. The second-order valence-electron chi connectivity index (χ2n) is 9.83. The molecule has 2 aliphatic heterocycles. The Balaban J connectivity index is 1.29. The molecule has 2 fully saturated rings. The van der Waals surface area contributed by atoms with E-state index in [-0.39, 0.29) is 27.5 Å². The van der Waals surface area contributed by atoms with Crippen molar-refractivity contribution in [1.82, 2.24) is 25.3 Å². The van der Waals surface area contributed by atoms with Gasteiger partial charge in [0, 0.05) is 51.4 Å². The summed E-state index contributed by atoms with van der Waals surface area (Å²) in [5.74, 6) is 0.0340. The third kappa shape index (κ3) is 5.38. The van der Waals surface area contributed by atoms with Crippen molar-refractivity contribution in [2.24, 2.45) is 11.8 Å². The Morgan fingerprint density at radius 2 is 1.89 bits per heavy atom. The lowest BCUT2D eigenvalue weighted by molar-refractivity contribution is 0.0702. The van der Waals surface area contributed by atoms with Gasteiger partial charge in [0.15, 0.2) is 10.9 Å². The number of H-pyrrole nitrogens is 1. The molecule has 0 amide bonds. The van der Waals surface area contributed by atoms with E-state index in [4.69, 9.17) is 28.2 Å². The number of nitrogens with one attached hydrogen (secondary N) is 2. The van der Waals surface area contributed by atoms with Crippen LogP contribution in [0.5, 0.6) is 0 Å². The number of halogens is 2. The molecule has 0 radical (unpaired) electrons. The number of ketones is 1. The van der Waals surface area contributed by atoms with Gasteiger partial charge >= 0.3 is 5.97 Å². The fourth-order valence-electron chi connectivity index (χ4n) is 5.04. The molecule has 10 nitrogen and oxygen atoms in total. The van der Waals surface area contributed by atoms with Gasteiger partial charge in [-0.2, -0.15) is 0 Å². The Morgan fingerprint density at radius 1 is 1.13 bits per heavy atom. The number of carboxylic acids is 1. The number of piperazine rings is 1. The Bertz CT molecular complexity index is 1340. The van der Waals surface area contributed by atoms with E-state index >= 15 is 0 Å². The van der Waals surface area contributed by atoms with Crippen molar-refractivity contribution in [3.05, 3.63) is 38.7 Å². The maximum absolute atomic E-state index is 12.9. The number of aromatic amines is 1. The average Bonchev–Trinajstić information content (AvgIpc) is 3.48. The molecule has 3 N–H and O–H groups in total. The summed E-state index contributed by atoms with van der Waals surface area (Å²) < 4.78 is 0. The summed E-state index contributed by atoms with van der Waals surface area (Å²) in [6.45, 7) is 8.69. The lowest BCUT2D eigenvalue weighted by Gasteiger charge is -2.36. The number of nitrogens with zero attached hydrogens (tertiary/aromatic N) is 5. The normalized spacial score (nSPS) is 20.1. The molecule has 0 saturated carbocycles. The third-order valence-electron chi connectivity index (χ3n) is 7.27. The van der Waals surface area contributed by atoms with E-state index in [1.165, 1.54) is 0 Å². The summed E-state index contributed by atoms with van der Waals surface area (Å²) in [6.07, 6.45) is 4.42. The summed E-state index contributed by atoms with van der Waals surface area (Å²) in [5, 5.41) is 14.5. The minimum Gasteiger partial charge on any atom is -0.477 e. The van der Waals surface area contributed by atoms with Crippen molar-refractivity contribution in [3.63, 3.8) is 0 Å². The van der Waals surface area contributed by atoms with Crippen LogP contribution in [0.15, 0.2) is 12.4 Å². The number of aromatic nitrogens is 4. The first kappa shape index (κ1) is 26.9. The summed E-state index contributed by atoms with van der Waals surface area (Å²) in [4.78, 5) is 46.1. The molecule has 3 aromatic heterocycles. The van der Waals surface area contributed by atoms with Crippen LogP contribution in [0.3, 0.4) is 0 Å². The predicted molar refractivity (Wildman–Crippen MR) is 149 cm³/mol. The molecule has 2 atom stereocenters. The smallest absolute Gasteiger partial charge is 0.348 e. The van der Waals surface area contributed by atoms with Crippen LogP contribution < -0.4 is 15.1 Å². The Morgan fingerprint density at radius 3 is 2.50 bits per heavy atom. The summed E-state index contributed by atoms with van der Waals surface area (Å²) in [5.41, 5.74) is 1.81. The molecule has 0 aliphatic carbocycles. The van der Waals surface area contributed by atoms with Crippen LogP contribution in [0.1, 0.15) is 45.6 Å². The molecule has 2 aliphatic rings. The number of hydrogen-bond acceptors (Lipinski definition) is 9. The van der Waals surface area contributed by atoms with E-state index in [1.54, 1.807) is 19.3 Å². The first-order valence-electron chi connectivity index (χ1n) is 12.6. The van der Waals surface area contributed by atoms with Crippen molar-refractivity contribution >= 4 is 57.2 Å². The zero-order chi connectivity index (χ0) is 27.0. The van der Waals surface area contributed by atoms with E-state index < -0.39 is 5.97 Å². The SMILES string of the molecule is Cc1[nH]c(C(=O)C[C@@H]2CCN(c3nc(-c4cnc(N5CCNCC5)cn4)c(C(=O)O)s3)C[C@@H]2C)c(Cl)c1Cl. The van der Waals surface area contributed by atoms with Gasteiger partial charge in [-0.25, -0.2) is 19.7 Å². The Hall–Kier alpha value is -2.73. The molecule has 2 saturated heterocycles. The van der Waals surface area contributed by atoms with Gasteiger partial charge in [-0.05, 0) is 25.2 Å². The van der Waals surface area contributed by atoms with Crippen LogP contribution in [-0.2, 0) is 0 Å². The van der Waals surface area contributed by atoms with E-state index in [0.29, 0.717) is 52.4 Å². The number of aryl methyl sites for hydroxylation is 1. The quantitative estimate of drug-likeness (QED) is 0.350. The molecular formula is C25H29Cl2N7O3S. The van der Waals surface area contributed by atoms with Crippen molar-refractivity contribution < 1.29 is 14.7 Å². The number of carbonyl (C=O) groups excluding carboxylic acids is 1. The van der Waals surface area contributed by atoms with Gasteiger partial charge in [0.25, 0.3) is 0 Å². The standard InChI is InChI=1S/C25H29Cl2N7O3S/c1-13-12-34(6-3-15(13)9-17(35)22-20(27)19(26)14(2)31-22)25-32-21(23(38-25)24(36)37)16-10-30-18(11-29-16)33-7-4-28-5-8-33/h10-11,13,15,28,31H,3-9,12H2,1-2H3,(H,36,37)/t13-,15-/m0/s1. The van der Waals surface area contributed by atoms with E-state index in [0.717, 1.165) is 49.8 Å². The van der Waals surface area contributed by atoms with Gasteiger partial charge in [0.1, 0.15) is 27.8 Å². The lowest BCUT2D eigenvalue weighted by atomic mass is 9.83. The molecule has 13 heteroatoms. The van der Waals surface area contributed by atoms with E-state index in [9.17, 15) is 14.7 Å². The molecule has 0 aromatic carbocycles. The number of hydrogen-bond donors (Lipinski definition) is 3. The topological polar surface area (TPSA) is 127 Å². The minimum atomic E-state index is -1.04. The molecular weight excluding hydrogens is 549 g/mol. The maximum Gasteiger partial charge on any atom is 0.348 e. The number of Topliss-reactive ketones (excluding diaryl/α,β-unsaturated/α-hetero) is 1. The van der Waals surface area contributed by atoms with Crippen LogP contribution in [0, 0.1) is 18.8 Å². The average molecular weight is 579 g/mol. The first-order valence-corrected chi connectivity index (χ1v) is 14.1. The lowest BCUT2D eigenvalue weighted by Crippen LogP contribution is -2.43. The largest absolute Gasteiger partial charge is 0.477 e. The van der Waals surface area contributed by atoms with Crippen LogP contribution in [0.4, 0.5) is 10.9 Å². The molecule has 0 unspecified atom stereocenters. The van der Waals surface area contributed by atoms with Crippen molar-refractivity contribution in [1.29, 1.82) is 0 Å². The Labute approximate surface area is 234 Å². The van der Waals surface area contributed by atoms with Crippen LogP contribution in [0.25, 0.3) is 11.4 Å². The molecule has 0 spiro atoms. The fraction of sp³-hybridized carbons (Fsp3) is 0.480. The highest BCUT2D eigenvalue weighted by Crippen LogP contribution is 2.37. The molecule has 202 valence electrons. The highest BCUT2D eigenvalue weighted by Gasteiger charge is 2.32. The number of rotatable bonds is 7. The number of piperidine rings is 1. The second kappa shape index (κ2) is 11.2. The number of anilines is 2. The molecule has 3 aromatic rings. The van der Waals surface area contributed by atoms with E-state index in [1.807, 2.05) is 0 Å². The summed E-state index contributed by atoms with van der Waals surface area (Å²) in [6, 6.07) is 0. The van der Waals surface area contributed by atoms with Crippen LogP contribution in [-0.4, -0.2) is 76.1 Å². The van der Waals surface area contributed by atoms with Crippen molar-refractivity contribution in [3.8, 4) is 11.4 Å². The highest BCUT2D eigenvalue weighted by molar-refractivity contribution is 7.17. The predicted octanol–water partition coefficient (Wildman–Crippen LogP) is 4.39. The van der Waals surface area contributed by atoms with Gasteiger partial charge in [0.2, 0.25) is 0 Å². The summed E-state index contributed by atoms with van der Waals surface area (Å²) >= 11 is 13.5. The van der Waals surface area contributed by atoms with Crippen molar-refractivity contribution in [2.75, 3.05) is 49.1 Å². The highest BCUT2D eigenvalue weighted by atomic mass is 35.5. The molecule has 5 heterocycles. The zero-order valence-corrected chi connectivity index (χ0v) is 23.5.